The van der Waals surface area contributed by atoms with E-state index in [9.17, 15) is 18.3 Å². The molecule has 1 aromatic carbocycles. The van der Waals surface area contributed by atoms with Gasteiger partial charge in [-0.25, -0.2) is 9.50 Å². The summed E-state index contributed by atoms with van der Waals surface area (Å²) in [6.45, 7) is 0. The summed E-state index contributed by atoms with van der Waals surface area (Å²) in [5.74, 6) is 0.334. The second kappa shape index (κ2) is 8.88. The van der Waals surface area contributed by atoms with Crippen LogP contribution in [-0.2, 0) is 5.60 Å². The summed E-state index contributed by atoms with van der Waals surface area (Å²) < 4.78 is 43.5. The second-order valence-electron chi connectivity index (χ2n) is 9.10. The number of hydrogen-bond donors (Lipinski definition) is 2. The van der Waals surface area contributed by atoms with Crippen LogP contribution in [0.3, 0.4) is 0 Å². The molecule has 1 unspecified atom stereocenters. The lowest BCUT2D eigenvalue weighted by Crippen LogP contribution is -2.42. The molecular weight excluding hydrogens is 463 g/mol. The van der Waals surface area contributed by atoms with Gasteiger partial charge < -0.3 is 10.1 Å². The number of aromatic nitrogens is 5. The zero-order valence-electron chi connectivity index (χ0n) is 18.7. The maximum absolute atomic E-state index is 13.9. The fourth-order valence-corrected chi connectivity index (χ4v) is 5.56. The fraction of sp³-hybridized carbons (Fsp3) is 0.458. The van der Waals surface area contributed by atoms with Gasteiger partial charge in [0, 0.05) is 22.4 Å². The lowest BCUT2D eigenvalue weighted by Gasteiger charge is -2.34. The number of aliphatic hydroxyl groups is 1. The molecule has 4 aromatic rings. The Morgan fingerprint density at radius 3 is 2.53 bits per heavy atom. The lowest BCUT2D eigenvalue weighted by atomic mass is 9.76. The third-order valence-electron chi connectivity index (χ3n) is 7.18. The molecule has 0 aliphatic heterocycles. The number of alkyl halides is 3. The van der Waals surface area contributed by atoms with E-state index in [-0.39, 0.29) is 23.8 Å². The van der Waals surface area contributed by atoms with Gasteiger partial charge in [0.1, 0.15) is 17.5 Å². The Bertz CT molecular complexity index is 1280. The number of aromatic amines is 1. The topological polar surface area (TPSA) is 79.1 Å². The van der Waals surface area contributed by atoms with Crippen LogP contribution in [0.2, 0.25) is 0 Å². The lowest BCUT2D eigenvalue weighted by molar-refractivity contribution is -0.270. The Kier molecular flexibility index (Phi) is 6.05. The van der Waals surface area contributed by atoms with Crippen molar-refractivity contribution in [3.8, 4) is 0 Å². The van der Waals surface area contributed by atoms with Gasteiger partial charge >= 0.3 is 6.18 Å². The summed E-state index contributed by atoms with van der Waals surface area (Å²) in [5, 5.41) is 20.3. The number of thioether (sulfide) groups is 1. The molecule has 1 aliphatic carbocycles. The van der Waals surface area contributed by atoms with Crippen molar-refractivity contribution in [1.29, 1.82) is 0 Å². The average Bonchev–Trinajstić information content (AvgIpc) is 3.49. The summed E-state index contributed by atoms with van der Waals surface area (Å²) in [6.07, 6.45) is 3.84. The number of nitrogens with one attached hydrogen (secondary N) is 1. The molecule has 0 bridgehead atoms. The van der Waals surface area contributed by atoms with Crippen molar-refractivity contribution < 1.29 is 18.3 Å². The van der Waals surface area contributed by atoms with E-state index in [0.29, 0.717) is 6.42 Å². The standard InChI is InChI=1S/C24H26F3N5OS/c1-34-18-8-6-17(7-9-18)23(33,24(25,26)27)12-10-15-2-4-16(5-3-15)20-21-19-11-13-28-22(19)29-14-32(21)31-30-20/h6-9,11,13-16,28,33H,2-5,10,12H2,1H3. The first-order chi connectivity index (χ1) is 16.3. The molecule has 10 heteroatoms. The van der Waals surface area contributed by atoms with E-state index >= 15 is 0 Å². The van der Waals surface area contributed by atoms with Gasteiger partial charge in [0.05, 0.1) is 5.69 Å². The Labute approximate surface area is 199 Å². The molecule has 1 atom stereocenters. The van der Waals surface area contributed by atoms with Crippen molar-refractivity contribution in [3.05, 3.63) is 54.1 Å². The van der Waals surface area contributed by atoms with Gasteiger partial charge in [-0.1, -0.05) is 17.3 Å². The van der Waals surface area contributed by atoms with Crippen LogP contribution in [0.25, 0.3) is 16.6 Å². The smallest absolute Gasteiger partial charge is 0.376 e. The van der Waals surface area contributed by atoms with Gasteiger partial charge in [-0.15, -0.1) is 16.9 Å². The number of H-pyrrole nitrogens is 1. The van der Waals surface area contributed by atoms with E-state index < -0.39 is 11.8 Å². The van der Waals surface area contributed by atoms with Gasteiger partial charge in [-0.05, 0) is 74.5 Å². The largest absolute Gasteiger partial charge is 0.421 e. The number of rotatable bonds is 6. The Balaban J connectivity index is 1.28. The number of fused-ring (bicyclic) bond motifs is 3. The molecule has 0 spiro atoms. The SMILES string of the molecule is CSc1ccc(C(O)(CCC2CCC(c3nnn4cnc5[nH]ccc5c34)CC2)C(F)(F)F)cc1. The summed E-state index contributed by atoms with van der Waals surface area (Å²) in [7, 11) is 0. The molecule has 6 nitrogen and oxygen atoms in total. The highest BCUT2D eigenvalue weighted by atomic mass is 32.2. The third kappa shape index (κ3) is 4.07. The molecule has 180 valence electrons. The zero-order valence-corrected chi connectivity index (χ0v) is 19.5. The summed E-state index contributed by atoms with van der Waals surface area (Å²) in [5.41, 5.74) is -0.286. The van der Waals surface area contributed by atoms with E-state index in [1.165, 1.54) is 23.9 Å². The van der Waals surface area contributed by atoms with Gasteiger partial charge in [-0.2, -0.15) is 13.2 Å². The minimum absolute atomic E-state index is 0.0915. The van der Waals surface area contributed by atoms with E-state index in [2.05, 4.69) is 20.3 Å². The van der Waals surface area contributed by atoms with E-state index in [4.69, 9.17) is 0 Å². The van der Waals surface area contributed by atoms with Crippen molar-refractivity contribution >= 4 is 28.3 Å². The highest BCUT2D eigenvalue weighted by Gasteiger charge is 2.54. The van der Waals surface area contributed by atoms with Crippen LogP contribution >= 0.6 is 11.8 Å². The molecule has 0 radical (unpaired) electrons. The minimum atomic E-state index is -4.73. The maximum atomic E-state index is 13.9. The fourth-order valence-electron chi connectivity index (χ4n) is 5.15. The Hall–Kier alpha value is -2.59. The van der Waals surface area contributed by atoms with Crippen molar-refractivity contribution in [3.63, 3.8) is 0 Å². The average molecular weight is 490 g/mol. The van der Waals surface area contributed by atoms with E-state index in [1.54, 1.807) is 23.0 Å². The summed E-state index contributed by atoms with van der Waals surface area (Å²) in [4.78, 5) is 8.30. The van der Waals surface area contributed by atoms with Crippen LogP contribution < -0.4 is 0 Å². The molecule has 2 N–H and O–H groups in total. The molecule has 0 saturated heterocycles. The van der Waals surface area contributed by atoms with Crippen molar-refractivity contribution in [2.75, 3.05) is 6.26 Å². The van der Waals surface area contributed by atoms with Crippen molar-refractivity contribution in [2.24, 2.45) is 5.92 Å². The van der Waals surface area contributed by atoms with Crippen LogP contribution in [0.15, 0.2) is 47.8 Å². The van der Waals surface area contributed by atoms with Crippen molar-refractivity contribution in [1.82, 2.24) is 24.8 Å². The normalized spacial score (nSPS) is 21.2. The van der Waals surface area contributed by atoms with Crippen LogP contribution in [-0.4, -0.2) is 42.3 Å². The van der Waals surface area contributed by atoms with Gasteiger partial charge in [0.15, 0.2) is 5.60 Å². The van der Waals surface area contributed by atoms with Crippen LogP contribution in [0.4, 0.5) is 13.2 Å². The highest BCUT2D eigenvalue weighted by Crippen LogP contribution is 2.46. The molecule has 1 fully saturated rings. The zero-order chi connectivity index (χ0) is 23.9. The van der Waals surface area contributed by atoms with Crippen molar-refractivity contribution in [2.45, 2.75) is 61.1 Å². The Morgan fingerprint density at radius 2 is 1.85 bits per heavy atom. The summed E-state index contributed by atoms with van der Waals surface area (Å²) >= 11 is 1.45. The monoisotopic (exact) mass is 489 g/mol. The first kappa shape index (κ1) is 23.2. The molecule has 1 aliphatic rings. The van der Waals surface area contributed by atoms with Gasteiger partial charge in [0.2, 0.25) is 0 Å². The van der Waals surface area contributed by atoms with Gasteiger partial charge in [0.25, 0.3) is 0 Å². The minimum Gasteiger partial charge on any atom is -0.376 e. The predicted octanol–water partition coefficient (Wildman–Crippen LogP) is 5.83. The summed E-state index contributed by atoms with van der Waals surface area (Å²) in [6, 6.07) is 8.00. The number of hydrogen-bond acceptors (Lipinski definition) is 5. The first-order valence-corrected chi connectivity index (χ1v) is 12.6. The number of halogens is 3. The number of benzene rings is 1. The van der Waals surface area contributed by atoms with E-state index in [1.807, 2.05) is 18.5 Å². The molecule has 5 rings (SSSR count). The van der Waals surface area contributed by atoms with E-state index in [0.717, 1.165) is 52.8 Å². The third-order valence-corrected chi connectivity index (χ3v) is 7.92. The molecular formula is C24H26F3N5OS. The molecule has 0 amide bonds. The predicted molar refractivity (Wildman–Crippen MR) is 125 cm³/mol. The quantitative estimate of drug-likeness (QED) is 0.333. The first-order valence-electron chi connectivity index (χ1n) is 11.4. The Morgan fingerprint density at radius 1 is 1.12 bits per heavy atom. The van der Waals surface area contributed by atoms with Crippen LogP contribution in [0.5, 0.6) is 0 Å². The molecule has 3 aromatic heterocycles. The van der Waals surface area contributed by atoms with Crippen LogP contribution in [0, 0.1) is 5.92 Å². The second-order valence-corrected chi connectivity index (χ2v) is 9.97. The maximum Gasteiger partial charge on any atom is 0.421 e. The highest BCUT2D eigenvalue weighted by molar-refractivity contribution is 7.98. The van der Waals surface area contributed by atoms with Crippen LogP contribution in [0.1, 0.15) is 55.7 Å². The molecule has 3 heterocycles. The molecule has 34 heavy (non-hydrogen) atoms. The van der Waals surface area contributed by atoms with Gasteiger partial charge in [-0.3, -0.25) is 0 Å². The number of nitrogens with zero attached hydrogens (tertiary/aromatic N) is 4. The molecule has 1 saturated carbocycles.